The van der Waals surface area contributed by atoms with Crippen LogP contribution in [0.15, 0.2) is 65.6 Å². The average Bonchev–Trinajstić information content (AvgIpc) is 3.21. The number of amides is 1. The minimum Gasteiger partial charge on any atom is -0.493 e. The third-order valence-electron chi connectivity index (χ3n) is 5.44. The Hall–Kier alpha value is -3.25. The van der Waals surface area contributed by atoms with Crippen molar-refractivity contribution in [2.75, 3.05) is 12.4 Å². The molecule has 0 aliphatic carbocycles. The van der Waals surface area contributed by atoms with Crippen LogP contribution >= 0.6 is 34.4 Å². The molecule has 3 aromatic rings. The van der Waals surface area contributed by atoms with E-state index < -0.39 is 4.92 Å². The van der Waals surface area contributed by atoms with Crippen LogP contribution in [0, 0.1) is 13.7 Å². The molecule has 4 rings (SSSR count). The zero-order chi connectivity index (χ0) is 25.7. The fraction of sp³-hybridized carbons (Fsp3) is 0.192. The standard InChI is InChI=1S/C26H24IN3O5S/c1-3-16-7-9-19(10-8-16)28-26-29-25(31)23(36-26)14-18-12-21(27)24(22(13-18)34-2)35-15-17-5-4-6-20(11-17)30(32)33/h4-14,26,28H,3,15H2,1-2H3,(H,29,31)/b23-14-/t26-/m0/s1. The lowest BCUT2D eigenvalue weighted by atomic mass is 10.1. The Morgan fingerprint density at radius 3 is 2.64 bits per heavy atom. The Kier molecular flexibility index (Phi) is 8.36. The van der Waals surface area contributed by atoms with Crippen LogP contribution in [0.1, 0.15) is 23.6 Å². The Bertz CT molecular complexity index is 1310. The van der Waals surface area contributed by atoms with Crippen LogP contribution in [0.25, 0.3) is 6.08 Å². The number of hydrogen-bond acceptors (Lipinski definition) is 7. The fourth-order valence-electron chi connectivity index (χ4n) is 3.58. The summed E-state index contributed by atoms with van der Waals surface area (Å²) in [5, 5.41) is 17.3. The van der Waals surface area contributed by atoms with Crippen LogP contribution in [-0.2, 0) is 17.8 Å². The number of methoxy groups -OCH3 is 1. The number of hydrogen-bond donors (Lipinski definition) is 2. The number of anilines is 1. The van der Waals surface area contributed by atoms with Crippen molar-refractivity contribution < 1.29 is 19.2 Å². The largest absolute Gasteiger partial charge is 0.493 e. The van der Waals surface area contributed by atoms with Gasteiger partial charge in [-0.3, -0.25) is 14.9 Å². The number of ether oxygens (including phenoxy) is 2. The van der Waals surface area contributed by atoms with E-state index in [9.17, 15) is 14.9 Å². The summed E-state index contributed by atoms with van der Waals surface area (Å²) in [7, 11) is 1.54. The Morgan fingerprint density at radius 2 is 1.94 bits per heavy atom. The van der Waals surface area contributed by atoms with Gasteiger partial charge in [-0.05, 0) is 76.0 Å². The first-order valence-corrected chi connectivity index (χ1v) is 13.1. The molecule has 1 atom stereocenters. The van der Waals surface area contributed by atoms with Crippen molar-refractivity contribution in [1.82, 2.24) is 5.32 Å². The van der Waals surface area contributed by atoms with Gasteiger partial charge in [-0.15, -0.1) is 0 Å². The molecule has 0 bridgehead atoms. The van der Waals surface area contributed by atoms with Crippen molar-refractivity contribution in [3.8, 4) is 11.5 Å². The number of nitrogens with one attached hydrogen (secondary N) is 2. The summed E-state index contributed by atoms with van der Waals surface area (Å²) in [6.45, 7) is 2.26. The first kappa shape index (κ1) is 25.8. The lowest BCUT2D eigenvalue weighted by Gasteiger charge is -2.14. The average molecular weight is 617 g/mol. The van der Waals surface area contributed by atoms with Crippen molar-refractivity contribution in [3.05, 3.63) is 95.9 Å². The summed E-state index contributed by atoms with van der Waals surface area (Å²) in [5.41, 5.74) is 3.41. The molecule has 0 aromatic heterocycles. The number of thioether (sulfide) groups is 1. The van der Waals surface area contributed by atoms with Crippen LogP contribution in [0.2, 0.25) is 0 Å². The van der Waals surface area contributed by atoms with Crippen LogP contribution in [0.5, 0.6) is 11.5 Å². The third kappa shape index (κ3) is 6.30. The lowest BCUT2D eigenvalue weighted by molar-refractivity contribution is -0.384. The second-order valence-electron chi connectivity index (χ2n) is 7.92. The minimum absolute atomic E-state index is 0.0119. The van der Waals surface area contributed by atoms with E-state index in [1.165, 1.54) is 29.5 Å². The maximum atomic E-state index is 12.6. The molecule has 0 spiro atoms. The van der Waals surface area contributed by atoms with Crippen molar-refractivity contribution in [2.45, 2.75) is 25.4 Å². The number of non-ortho nitro benzene ring substituents is 1. The number of carbonyl (C=O) groups is 1. The van der Waals surface area contributed by atoms with Gasteiger partial charge in [-0.1, -0.05) is 43.0 Å². The molecule has 36 heavy (non-hydrogen) atoms. The number of halogens is 1. The maximum Gasteiger partial charge on any atom is 0.269 e. The van der Waals surface area contributed by atoms with E-state index in [2.05, 4.69) is 52.3 Å². The van der Waals surface area contributed by atoms with Gasteiger partial charge in [0.05, 0.1) is 20.5 Å². The highest BCUT2D eigenvalue weighted by atomic mass is 127. The van der Waals surface area contributed by atoms with Gasteiger partial charge in [0.1, 0.15) is 6.61 Å². The predicted octanol–water partition coefficient (Wildman–Crippen LogP) is 5.95. The molecule has 10 heteroatoms. The molecule has 3 aromatic carbocycles. The molecule has 0 saturated carbocycles. The monoisotopic (exact) mass is 617 g/mol. The smallest absolute Gasteiger partial charge is 0.269 e. The lowest BCUT2D eigenvalue weighted by Crippen LogP contribution is -2.30. The maximum absolute atomic E-state index is 12.6. The van der Waals surface area contributed by atoms with Crippen molar-refractivity contribution in [1.29, 1.82) is 0 Å². The zero-order valence-corrected chi connectivity index (χ0v) is 22.6. The SMILES string of the molecule is CCc1ccc(N[C@H]2NC(=O)/C(=C/c3cc(I)c(OCc4cccc([N+](=O)[O-])c4)c(OC)c3)S2)cc1. The molecule has 1 amide bonds. The van der Waals surface area contributed by atoms with Gasteiger partial charge < -0.3 is 20.1 Å². The third-order valence-corrected chi connectivity index (χ3v) is 7.27. The molecule has 2 N–H and O–H groups in total. The van der Waals surface area contributed by atoms with Gasteiger partial charge in [0, 0.05) is 17.8 Å². The minimum atomic E-state index is -0.435. The van der Waals surface area contributed by atoms with E-state index in [1.807, 2.05) is 24.3 Å². The number of aryl methyl sites for hydroxylation is 1. The quantitative estimate of drug-likeness (QED) is 0.133. The van der Waals surface area contributed by atoms with Crippen LogP contribution < -0.4 is 20.1 Å². The number of nitro groups is 1. The van der Waals surface area contributed by atoms with Crippen LogP contribution in [-0.4, -0.2) is 23.4 Å². The van der Waals surface area contributed by atoms with Crippen molar-refractivity contribution in [2.24, 2.45) is 0 Å². The van der Waals surface area contributed by atoms with Crippen molar-refractivity contribution in [3.63, 3.8) is 0 Å². The summed E-state index contributed by atoms with van der Waals surface area (Å²) in [4.78, 5) is 23.7. The highest BCUT2D eigenvalue weighted by Gasteiger charge is 2.27. The predicted molar refractivity (Wildman–Crippen MR) is 150 cm³/mol. The summed E-state index contributed by atoms with van der Waals surface area (Å²) in [6, 6.07) is 18.2. The van der Waals surface area contributed by atoms with Gasteiger partial charge in [0.2, 0.25) is 0 Å². The van der Waals surface area contributed by atoms with Gasteiger partial charge in [0.25, 0.3) is 11.6 Å². The second-order valence-corrected chi connectivity index (χ2v) is 10.2. The van der Waals surface area contributed by atoms with E-state index in [-0.39, 0.29) is 23.7 Å². The molecular weight excluding hydrogens is 593 g/mol. The zero-order valence-electron chi connectivity index (χ0n) is 19.6. The molecule has 0 unspecified atom stereocenters. The molecule has 1 fully saturated rings. The van der Waals surface area contributed by atoms with E-state index in [0.717, 1.165) is 21.2 Å². The van der Waals surface area contributed by atoms with Gasteiger partial charge in [0.15, 0.2) is 17.0 Å². The highest BCUT2D eigenvalue weighted by molar-refractivity contribution is 14.1. The van der Waals surface area contributed by atoms with Gasteiger partial charge >= 0.3 is 0 Å². The summed E-state index contributed by atoms with van der Waals surface area (Å²) in [6.07, 6.45) is 2.79. The number of nitrogens with zero attached hydrogens (tertiary/aromatic N) is 1. The molecular formula is C26H24IN3O5S. The molecule has 1 saturated heterocycles. The van der Waals surface area contributed by atoms with E-state index >= 15 is 0 Å². The number of nitro benzene ring substituents is 1. The molecule has 1 aliphatic rings. The summed E-state index contributed by atoms with van der Waals surface area (Å²) < 4.78 is 12.3. The van der Waals surface area contributed by atoms with E-state index in [1.54, 1.807) is 25.3 Å². The first-order valence-electron chi connectivity index (χ1n) is 11.1. The molecule has 186 valence electrons. The fourth-order valence-corrected chi connectivity index (χ4v) is 5.35. The molecule has 0 radical (unpaired) electrons. The van der Waals surface area contributed by atoms with Crippen molar-refractivity contribution >= 4 is 57.7 Å². The van der Waals surface area contributed by atoms with Gasteiger partial charge in [-0.25, -0.2) is 0 Å². The molecule has 1 aliphatic heterocycles. The highest BCUT2D eigenvalue weighted by Crippen LogP contribution is 2.37. The van der Waals surface area contributed by atoms with Gasteiger partial charge in [-0.2, -0.15) is 0 Å². The molecule has 1 heterocycles. The Morgan fingerprint density at radius 1 is 1.17 bits per heavy atom. The van der Waals surface area contributed by atoms with Crippen LogP contribution in [0.4, 0.5) is 11.4 Å². The van der Waals surface area contributed by atoms with Crippen LogP contribution in [0.3, 0.4) is 0 Å². The Labute approximate surface area is 226 Å². The summed E-state index contributed by atoms with van der Waals surface area (Å²) in [5.74, 6) is 0.890. The number of carbonyl (C=O) groups excluding carboxylic acids is 1. The van der Waals surface area contributed by atoms with E-state index in [4.69, 9.17) is 9.47 Å². The first-order chi connectivity index (χ1) is 17.4. The second kappa shape index (κ2) is 11.7. The molecule has 8 nitrogen and oxygen atoms in total. The normalized spacial score (nSPS) is 16.0. The summed E-state index contributed by atoms with van der Waals surface area (Å²) >= 11 is 3.56. The van der Waals surface area contributed by atoms with E-state index in [0.29, 0.717) is 22.0 Å². The number of rotatable bonds is 9. The Balaban J connectivity index is 1.47. The number of benzene rings is 3. The topological polar surface area (TPSA) is 103 Å².